The van der Waals surface area contributed by atoms with Crippen molar-refractivity contribution in [3.8, 4) is 0 Å². The summed E-state index contributed by atoms with van der Waals surface area (Å²) in [6.45, 7) is 4.35. The maximum atomic E-state index is 12.7. The SMILES string of the molecule is CCOC(=O)OC1C(=O)CC(C)(O)C(OC(=O)OCC)C1c1cccc([N+](=O)[O-])c1. The molecule has 164 valence electrons. The number of carbonyl (C=O) groups is 3. The predicted molar refractivity (Wildman–Crippen MR) is 99.9 cm³/mol. The number of nitro benzene ring substituents is 1. The molecule has 1 aliphatic carbocycles. The number of nitrogens with zero attached hydrogens (tertiary/aromatic N) is 1. The number of nitro groups is 1. The van der Waals surface area contributed by atoms with Crippen molar-refractivity contribution in [1.82, 2.24) is 0 Å². The monoisotopic (exact) mass is 425 g/mol. The van der Waals surface area contributed by atoms with Crippen LogP contribution in [0.5, 0.6) is 0 Å². The summed E-state index contributed by atoms with van der Waals surface area (Å²) in [6, 6.07) is 5.19. The van der Waals surface area contributed by atoms with Gasteiger partial charge in [-0.15, -0.1) is 0 Å². The fourth-order valence-corrected chi connectivity index (χ4v) is 3.35. The van der Waals surface area contributed by atoms with E-state index in [4.69, 9.17) is 18.9 Å². The first-order valence-electron chi connectivity index (χ1n) is 9.27. The topological polar surface area (TPSA) is 152 Å². The Kier molecular flexibility index (Phi) is 7.33. The van der Waals surface area contributed by atoms with Crippen molar-refractivity contribution in [2.24, 2.45) is 0 Å². The maximum Gasteiger partial charge on any atom is 0.508 e. The summed E-state index contributed by atoms with van der Waals surface area (Å²) in [7, 11) is 0. The average molecular weight is 425 g/mol. The molecule has 11 nitrogen and oxygen atoms in total. The normalized spacial score (nSPS) is 25.9. The maximum absolute atomic E-state index is 12.7. The number of carbonyl (C=O) groups excluding carboxylic acids is 3. The van der Waals surface area contributed by atoms with Crippen LogP contribution in [0.15, 0.2) is 24.3 Å². The predicted octanol–water partition coefficient (Wildman–Crippen LogP) is 2.49. The molecule has 1 fully saturated rings. The number of Topliss-reactive ketones (excluding diaryl/α,β-unsaturated/α-hetero) is 1. The summed E-state index contributed by atoms with van der Waals surface area (Å²) < 4.78 is 19.9. The van der Waals surface area contributed by atoms with Gasteiger partial charge < -0.3 is 24.1 Å². The molecule has 0 amide bonds. The van der Waals surface area contributed by atoms with Gasteiger partial charge in [-0.3, -0.25) is 14.9 Å². The lowest BCUT2D eigenvalue weighted by molar-refractivity contribution is -0.385. The van der Waals surface area contributed by atoms with Gasteiger partial charge in [0.2, 0.25) is 0 Å². The molecule has 1 N–H and O–H groups in total. The third-order valence-electron chi connectivity index (χ3n) is 4.55. The summed E-state index contributed by atoms with van der Waals surface area (Å²) >= 11 is 0. The first-order valence-corrected chi connectivity index (χ1v) is 9.27. The van der Waals surface area contributed by atoms with Gasteiger partial charge in [-0.1, -0.05) is 12.1 Å². The highest BCUT2D eigenvalue weighted by Gasteiger charge is 2.55. The number of ketones is 1. The van der Waals surface area contributed by atoms with Crippen LogP contribution in [0.2, 0.25) is 0 Å². The van der Waals surface area contributed by atoms with Gasteiger partial charge >= 0.3 is 12.3 Å². The first kappa shape index (κ1) is 23.1. The van der Waals surface area contributed by atoms with Gasteiger partial charge in [0.05, 0.1) is 24.1 Å². The van der Waals surface area contributed by atoms with Gasteiger partial charge in [0.1, 0.15) is 11.7 Å². The number of aliphatic hydroxyl groups is 1. The van der Waals surface area contributed by atoms with Crippen LogP contribution in [0.25, 0.3) is 0 Å². The highest BCUT2D eigenvalue weighted by atomic mass is 16.7. The average Bonchev–Trinajstić information content (AvgIpc) is 2.66. The Morgan fingerprint density at radius 2 is 1.80 bits per heavy atom. The van der Waals surface area contributed by atoms with Gasteiger partial charge in [-0.2, -0.15) is 0 Å². The van der Waals surface area contributed by atoms with Crippen LogP contribution >= 0.6 is 0 Å². The summed E-state index contributed by atoms with van der Waals surface area (Å²) in [6.07, 6.45) is -5.65. The number of non-ortho nitro benzene ring substituents is 1. The van der Waals surface area contributed by atoms with E-state index in [0.29, 0.717) is 0 Å². The quantitative estimate of drug-likeness (QED) is 0.409. The lowest BCUT2D eigenvalue weighted by atomic mass is 9.71. The molecule has 0 spiro atoms. The van der Waals surface area contributed by atoms with Crippen molar-refractivity contribution in [2.75, 3.05) is 13.2 Å². The lowest BCUT2D eigenvalue weighted by Gasteiger charge is -2.43. The lowest BCUT2D eigenvalue weighted by Crippen LogP contribution is -2.58. The molecule has 1 saturated carbocycles. The Morgan fingerprint density at radius 3 is 2.37 bits per heavy atom. The second-order valence-corrected chi connectivity index (χ2v) is 6.82. The molecule has 1 aromatic carbocycles. The summed E-state index contributed by atoms with van der Waals surface area (Å²) in [5.74, 6) is -1.90. The van der Waals surface area contributed by atoms with Crippen LogP contribution in [0, 0.1) is 10.1 Å². The van der Waals surface area contributed by atoms with Crippen molar-refractivity contribution < 1.29 is 43.4 Å². The Labute approximate surface area is 172 Å². The number of ether oxygens (including phenoxy) is 4. The molecule has 0 bridgehead atoms. The molecule has 0 saturated heterocycles. The largest absolute Gasteiger partial charge is 0.508 e. The molecule has 0 aromatic heterocycles. The van der Waals surface area contributed by atoms with Crippen molar-refractivity contribution >= 4 is 23.8 Å². The van der Waals surface area contributed by atoms with Crippen LogP contribution in [0.1, 0.15) is 38.7 Å². The minimum atomic E-state index is -1.85. The number of benzene rings is 1. The van der Waals surface area contributed by atoms with E-state index in [9.17, 15) is 29.6 Å². The van der Waals surface area contributed by atoms with Crippen LogP contribution in [-0.4, -0.2) is 59.1 Å². The molecule has 0 radical (unpaired) electrons. The van der Waals surface area contributed by atoms with Gasteiger partial charge in [-0.05, 0) is 26.3 Å². The molecule has 1 aromatic rings. The highest BCUT2D eigenvalue weighted by molar-refractivity contribution is 5.88. The molecule has 4 atom stereocenters. The smallest absolute Gasteiger partial charge is 0.435 e. The van der Waals surface area contributed by atoms with Crippen LogP contribution < -0.4 is 0 Å². The molecule has 4 unspecified atom stereocenters. The third kappa shape index (κ3) is 5.23. The summed E-state index contributed by atoms with van der Waals surface area (Å²) in [4.78, 5) is 47.1. The Morgan fingerprint density at radius 1 is 1.20 bits per heavy atom. The van der Waals surface area contributed by atoms with E-state index in [1.807, 2.05) is 0 Å². The number of hydrogen-bond donors (Lipinski definition) is 1. The van der Waals surface area contributed by atoms with E-state index >= 15 is 0 Å². The minimum Gasteiger partial charge on any atom is -0.435 e. The Hall–Kier alpha value is -3.21. The second-order valence-electron chi connectivity index (χ2n) is 6.82. The van der Waals surface area contributed by atoms with E-state index in [2.05, 4.69) is 0 Å². The van der Waals surface area contributed by atoms with Gasteiger partial charge in [0.15, 0.2) is 11.9 Å². The molecular weight excluding hydrogens is 402 g/mol. The number of hydrogen-bond acceptors (Lipinski definition) is 10. The Balaban J connectivity index is 2.55. The highest BCUT2D eigenvalue weighted by Crippen LogP contribution is 2.42. The zero-order chi connectivity index (χ0) is 22.5. The fraction of sp³-hybridized carbons (Fsp3) is 0.526. The summed E-state index contributed by atoms with van der Waals surface area (Å²) in [5.41, 5.74) is -2.00. The first-order chi connectivity index (χ1) is 14.1. The molecular formula is C19H23NO10. The minimum absolute atomic E-state index is 0.00312. The molecule has 1 aliphatic rings. The van der Waals surface area contributed by atoms with Crippen molar-refractivity contribution in [3.05, 3.63) is 39.9 Å². The van der Waals surface area contributed by atoms with Gasteiger partial charge in [0, 0.05) is 18.6 Å². The van der Waals surface area contributed by atoms with Crippen molar-refractivity contribution in [1.29, 1.82) is 0 Å². The number of rotatable bonds is 6. The van der Waals surface area contributed by atoms with Gasteiger partial charge in [0.25, 0.3) is 5.69 Å². The third-order valence-corrected chi connectivity index (χ3v) is 4.55. The molecule has 11 heteroatoms. The molecule has 30 heavy (non-hydrogen) atoms. The fourth-order valence-electron chi connectivity index (χ4n) is 3.35. The van der Waals surface area contributed by atoms with Gasteiger partial charge in [-0.25, -0.2) is 9.59 Å². The van der Waals surface area contributed by atoms with E-state index in [1.165, 1.54) is 25.1 Å². The van der Waals surface area contributed by atoms with Crippen molar-refractivity contribution in [3.63, 3.8) is 0 Å². The van der Waals surface area contributed by atoms with Crippen LogP contribution in [-0.2, 0) is 23.7 Å². The van der Waals surface area contributed by atoms with Crippen LogP contribution in [0.4, 0.5) is 15.3 Å². The molecule has 0 aliphatic heterocycles. The standard InChI is InChI=1S/C19H23NO10/c1-4-27-17(22)29-15-13(21)10-19(3,24)16(30-18(23)28-5-2)14(15)11-7-6-8-12(9-11)20(25)26/h6-9,14-16,24H,4-5,10H2,1-3H3. The zero-order valence-electron chi connectivity index (χ0n) is 16.7. The van der Waals surface area contributed by atoms with Crippen LogP contribution in [0.3, 0.4) is 0 Å². The molecule has 2 rings (SSSR count). The molecule has 0 heterocycles. The van der Waals surface area contributed by atoms with Crippen molar-refractivity contribution in [2.45, 2.75) is 50.9 Å². The zero-order valence-corrected chi connectivity index (χ0v) is 16.7. The van der Waals surface area contributed by atoms with E-state index in [1.54, 1.807) is 13.8 Å². The van der Waals surface area contributed by atoms with E-state index in [0.717, 1.165) is 6.07 Å². The van der Waals surface area contributed by atoms with E-state index < -0.39 is 53.2 Å². The van der Waals surface area contributed by atoms with E-state index in [-0.39, 0.29) is 24.5 Å². The summed E-state index contributed by atoms with van der Waals surface area (Å²) in [5, 5.41) is 22.0. The second kappa shape index (κ2) is 9.53. The Bertz CT molecular complexity index is 821.